The van der Waals surface area contributed by atoms with Crippen LogP contribution in [-0.4, -0.2) is 46.4 Å². The summed E-state index contributed by atoms with van der Waals surface area (Å²) in [6, 6.07) is 3.05. The molecule has 0 saturated carbocycles. The molecule has 1 aliphatic rings. The summed E-state index contributed by atoms with van der Waals surface area (Å²) in [4.78, 5) is 37.0. The molecule has 1 heterocycles. The lowest BCUT2D eigenvalue weighted by molar-refractivity contribution is -0.139. The summed E-state index contributed by atoms with van der Waals surface area (Å²) in [5.41, 5.74) is 0.621. The van der Waals surface area contributed by atoms with Gasteiger partial charge in [0.05, 0.1) is 11.5 Å². The van der Waals surface area contributed by atoms with Crippen molar-refractivity contribution in [1.82, 2.24) is 4.90 Å². The molecule has 2 amide bonds. The maximum absolute atomic E-state index is 12.6. The van der Waals surface area contributed by atoms with Crippen LogP contribution in [0.3, 0.4) is 0 Å². The molecule has 0 unspecified atom stereocenters. The average molecular weight is 458 g/mol. The van der Waals surface area contributed by atoms with E-state index in [0.717, 1.165) is 11.8 Å². The number of rotatable bonds is 8. The number of imide groups is 1. The van der Waals surface area contributed by atoms with Crippen molar-refractivity contribution in [3.05, 3.63) is 27.1 Å². The van der Waals surface area contributed by atoms with Crippen molar-refractivity contribution in [3.8, 4) is 11.5 Å². The number of nitrogens with zero attached hydrogens (tertiary/aromatic N) is 1. The fraction of sp³-hybridized carbons (Fsp3) is 0.389. The van der Waals surface area contributed by atoms with E-state index >= 15 is 0 Å². The van der Waals surface area contributed by atoms with Crippen LogP contribution in [0.4, 0.5) is 4.79 Å². The zero-order valence-corrected chi connectivity index (χ0v) is 17.6. The Balaban J connectivity index is 2.37. The van der Waals surface area contributed by atoms with E-state index in [0.29, 0.717) is 33.7 Å². The molecule has 0 bridgehead atoms. The molecule has 146 valence electrons. The van der Waals surface area contributed by atoms with E-state index in [1.807, 2.05) is 13.8 Å². The third-order valence-corrected chi connectivity index (χ3v) is 5.43. The molecule has 7 nitrogen and oxygen atoms in total. The number of carboxylic acids is 1. The predicted molar refractivity (Wildman–Crippen MR) is 106 cm³/mol. The molecule has 1 N–H and O–H groups in total. The van der Waals surface area contributed by atoms with Crippen LogP contribution in [0.5, 0.6) is 11.5 Å². The number of ether oxygens (including phenoxy) is 2. The zero-order chi connectivity index (χ0) is 20.1. The lowest BCUT2D eigenvalue weighted by Crippen LogP contribution is -2.36. The second-order valence-corrected chi connectivity index (χ2v) is 7.59. The highest BCUT2D eigenvalue weighted by atomic mass is 79.9. The van der Waals surface area contributed by atoms with Gasteiger partial charge in [-0.3, -0.25) is 14.5 Å². The molecule has 1 saturated heterocycles. The topological polar surface area (TPSA) is 93.1 Å². The van der Waals surface area contributed by atoms with Gasteiger partial charge in [-0.05, 0) is 55.8 Å². The maximum Gasteiger partial charge on any atom is 0.341 e. The van der Waals surface area contributed by atoms with Crippen molar-refractivity contribution in [2.75, 3.05) is 13.2 Å². The van der Waals surface area contributed by atoms with Gasteiger partial charge in [-0.2, -0.15) is 0 Å². The first-order valence-corrected chi connectivity index (χ1v) is 9.97. The average Bonchev–Trinajstić information content (AvgIpc) is 2.89. The first-order valence-electron chi connectivity index (χ1n) is 8.36. The number of halogens is 1. The van der Waals surface area contributed by atoms with E-state index in [1.54, 1.807) is 25.1 Å². The van der Waals surface area contributed by atoms with Crippen LogP contribution < -0.4 is 9.47 Å². The molecule has 0 radical (unpaired) electrons. The van der Waals surface area contributed by atoms with Crippen molar-refractivity contribution in [2.24, 2.45) is 0 Å². The fourth-order valence-corrected chi connectivity index (χ4v) is 3.72. The van der Waals surface area contributed by atoms with Gasteiger partial charge in [-0.25, -0.2) is 4.79 Å². The van der Waals surface area contributed by atoms with Crippen LogP contribution >= 0.6 is 27.7 Å². The third-order valence-electron chi connectivity index (χ3n) is 3.86. The van der Waals surface area contributed by atoms with Gasteiger partial charge in [0.15, 0.2) is 18.1 Å². The Morgan fingerprint density at radius 2 is 1.96 bits per heavy atom. The molecule has 1 aromatic carbocycles. The van der Waals surface area contributed by atoms with Crippen molar-refractivity contribution in [2.45, 2.75) is 33.2 Å². The molecule has 0 aliphatic carbocycles. The van der Waals surface area contributed by atoms with Crippen LogP contribution in [0.25, 0.3) is 6.08 Å². The molecule has 9 heteroatoms. The van der Waals surface area contributed by atoms with E-state index in [1.165, 1.54) is 4.90 Å². The molecule has 2 rings (SSSR count). The quantitative estimate of drug-likeness (QED) is 0.585. The van der Waals surface area contributed by atoms with E-state index in [9.17, 15) is 14.4 Å². The van der Waals surface area contributed by atoms with Crippen molar-refractivity contribution >= 4 is 50.9 Å². The highest BCUT2D eigenvalue weighted by Crippen LogP contribution is 2.38. The van der Waals surface area contributed by atoms with Crippen LogP contribution in [0.2, 0.25) is 0 Å². The first-order chi connectivity index (χ1) is 12.8. The predicted octanol–water partition coefficient (Wildman–Crippen LogP) is 4.15. The van der Waals surface area contributed by atoms with Gasteiger partial charge in [-0.15, -0.1) is 0 Å². The fourth-order valence-electron chi connectivity index (χ4n) is 2.37. The van der Waals surface area contributed by atoms with Crippen molar-refractivity contribution in [3.63, 3.8) is 0 Å². The number of hydrogen-bond donors (Lipinski definition) is 1. The lowest BCUT2D eigenvalue weighted by Gasteiger charge is -2.19. The standard InChI is InChI=1S/C18H20BrNO6S/c1-4-10(3)20-17(23)15(27-18(20)24)7-11-6-13(25-5-2)14(8-12(11)19)26-9-16(21)22/h6-8,10H,4-5,9H2,1-3H3,(H,21,22)/b15-7-/t10-/m0/s1. The van der Waals surface area contributed by atoms with E-state index in [4.69, 9.17) is 14.6 Å². The van der Waals surface area contributed by atoms with E-state index in [2.05, 4.69) is 15.9 Å². The molecule has 1 atom stereocenters. The molecule has 0 aromatic heterocycles. The Labute approximate surface area is 169 Å². The highest BCUT2D eigenvalue weighted by molar-refractivity contribution is 9.10. The van der Waals surface area contributed by atoms with Gasteiger partial charge < -0.3 is 14.6 Å². The summed E-state index contributed by atoms with van der Waals surface area (Å²) in [6.45, 7) is 5.39. The van der Waals surface area contributed by atoms with E-state index < -0.39 is 12.6 Å². The van der Waals surface area contributed by atoms with Gasteiger partial charge in [-0.1, -0.05) is 22.9 Å². The van der Waals surface area contributed by atoms with Crippen LogP contribution in [-0.2, 0) is 9.59 Å². The smallest absolute Gasteiger partial charge is 0.341 e. The van der Waals surface area contributed by atoms with Crippen LogP contribution in [0.1, 0.15) is 32.8 Å². The Bertz CT molecular complexity index is 794. The summed E-state index contributed by atoms with van der Waals surface area (Å²) in [5, 5.41) is 8.50. The maximum atomic E-state index is 12.6. The number of carbonyl (C=O) groups excluding carboxylic acids is 2. The minimum absolute atomic E-state index is 0.169. The number of aliphatic carboxylic acids is 1. The second-order valence-electron chi connectivity index (χ2n) is 5.74. The van der Waals surface area contributed by atoms with Crippen molar-refractivity contribution in [1.29, 1.82) is 0 Å². The van der Waals surface area contributed by atoms with E-state index in [-0.39, 0.29) is 22.9 Å². The minimum Gasteiger partial charge on any atom is -0.490 e. The Morgan fingerprint density at radius 1 is 1.30 bits per heavy atom. The molecular formula is C18H20BrNO6S. The first kappa shape index (κ1) is 21.3. The number of benzene rings is 1. The second kappa shape index (κ2) is 9.27. The van der Waals surface area contributed by atoms with Crippen LogP contribution in [0, 0.1) is 0 Å². The van der Waals surface area contributed by atoms with Crippen LogP contribution in [0.15, 0.2) is 21.5 Å². The minimum atomic E-state index is -1.10. The van der Waals surface area contributed by atoms with Gasteiger partial charge in [0.25, 0.3) is 11.1 Å². The summed E-state index contributed by atoms with van der Waals surface area (Å²) in [5.74, 6) is -0.794. The van der Waals surface area contributed by atoms with Gasteiger partial charge in [0, 0.05) is 10.5 Å². The lowest BCUT2D eigenvalue weighted by atomic mass is 10.1. The number of hydrogen-bond acceptors (Lipinski definition) is 6. The Kier molecular flexibility index (Phi) is 7.32. The largest absolute Gasteiger partial charge is 0.490 e. The number of carbonyl (C=O) groups is 3. The summed E-state index contributed by atoms with van der Waals surface area (Å²) < 4.78 is 11.4. The Hall–Kier alpha value is -2.00. The normalized spacial score (nSPS) is 16.7. The molecule has 0 spiro atoms. The molecular weight excluding hydrogens is 438 g/mol. The molecule has 1 fully saturated rings. The zero-order valence-electron chi connectivity index (χ0n) is 15.2. The van der Waals surface area contributed by atoms with Gasteiger partial charge in [0.1, 0.15) is 0 Å². The van der Waals surface area contributed by atoms with Gasteiger partial charge >= 0.3 is 5.97 Å². The SMILES string of the molecule is CCOc1cc(/C=C2\SC(=O)N([C@@H](C)CC)C2=O)c(Br)cc1OCC(=O)O. The monoisotopic (exact) mass is 457 g/mol. The number of amides is 2. The summed E-state index contributed by atoms with van der Waals surface area (Å²) >= 11 is 4.29. The van der Waals surface area contributed by atoms with Crippen molar-refractivity contribution < 1.29 is 29.0 Å². The Morgan fingerprint density at radius 3 is 2.56 bits per heavy atom. The summed E-state index contributed by atoms with van der Waals surface area (Å²) in [7, 11) is 0. The summed E-state index contributed by atoms with van der Waals surface area (Å²) in [6.07, 6.45) is 2.29. The molecule has 1 aliphatic heterocycles. The molecule has 1 aromatic rings. The number of thioether (sulfide) groups is 1. The third kappa shape index (κ3) is 5.04. The van der Waals surface area contributed by atoms with Gasteiger partial charge in [0.2, 0.25) is 0 Å². The molecule has 27 heavy (non-hydrogen) atoms. The highest BCUT2D eigenvalue weighted by Gasteiger charge is 2.37. The number of carboxylic acid groups (broad SMARTS) is 1.